The van der Waals surface area contributed by atoms with Gasteiger partial charge >= 0.3 is 0 Å². The molecule has 0 spiro atoms. The van der Waals surface area contributed by atoms with Crippen LogP contribution in [-0.4, -0.2) is 21.0 Å². The van der Waals surface area contributed by atoms with Crippen LogP contribution >= 0.6 is 11.6 Å². The molecular formula is C15H23ClN2O2S. The minimum absolute atomic E-state index is 0.280. The van der Waals surface area contributed by atoms with Crippen LogP contribution in [0.1, 0.15) is 38.7 Å². The number of hydrogen-bond donors (Lipinski definition) is 2. The highest BCUT2D eigenvalue weighted by Crippen LogP contribution is 2.23. The van der Waals surface area contributed by atoms with E-state index in [9.17, 15) is 8.42 Å². The van der Waals surface area contributed by atoms with E-state index < -0.39 is 10.0 Å². The van der Waals surface area contributed by atoms with Gasteiger partial charge in [-0.15, -0.1) is 0 Å². The molecule has 1 aliphatic carbocycles. The maximum Gasteiger partial charge on any atom is 0.240 e. The van der Waals surface area contributed by atoms with E-state index in [1.165, 1.54) is 12.8 Å². The van der Waals surface area contributed by atoms with Gasteiger partial charge in [0.2, 0.25) is 10.0 Å². The van der Waals surface area contributed by atoms with E-state index in [-0.39, 0.29) is 4.90 Å². The molecule has 21 heavy (non-hydrogen) atoms. The molecule has 0 radical (unpaired) electrons. The third-order valence-electron chi connectivity index (χ3n) is 3.80. The van der Waals surface area contributed by atoms with Gasteiger partial charge in [-0.05, 0) is 42.5 Å². The molecule has 1 unspecified atom stereocenters. The van der Waals surface area contributed by atoms with Crippen molar-refractivity contribution in [3.8, 4) is 0 Å². The van der Waals surface area contributed by atoms with Gasteiger partial charge in [0.15, 0.2) is 0 Å². The molecule has 1 aromatic carbocycles. The van der Waals surface area contributed by atoms with Gasteiger partial charge in [-0.2, -0.15) is 0 Å². The monoisotopic (exact) mass is 330 g/mol. The number of halogens is 1. The van der Waals surface area contributed by atoms with Crippen LogP contribution in [0.5, 0.6) is 0 Å². The topological polar surface area (TPSA) is 58.2 Å². The molecule has 1 fully saturated rings. The van der Waals surface area contributed by atoms with Crippen LogP contribution in [-0.2, 0) is 16.6 Å². The van der Waals surface area contributed by atoms with Crippen molar-refractivity contribution in [1.29, 1.82) is 0 Å². The van der Waals surface area contributed by atoms with Crippen LogP contribution in [0.25, 0.3) is 0 Å². The highest BCUT2D eigenvalue weighted by atomic mass is 35.5. The molecule has 1 aliphatic rings. The summed E-state index contributed by atoms with van der Waals surface area (Å²) in [5, 5.41) is 3.95. The second kappa shape index (κ2) is 7.09. The quantitative estimate of drug-likeness (QED) is 0.770. The fraction of sp³-hybridized carbons (Fsp3) is 0.600. The van der Waals surface area contributed by atoms with Gasteiger partial charge in [0, 0.05) is 24.2 Å². The predicted molar refractivity (Wildman–Crippen MR) is 86.0 cm³/mol. The summed E-state index contributed by atoms with van der Waals surface area (Å²) in [6, 6.07) is 5.44. The first-order chi connectivity index (χ1) is 9.92. The van der Waals surface area contributed by atoms with Crippen LogP contribution in [0, 0.1) is 5.92 Å². The molecule has 6 heteroatoms. The van der Waals surface area contributed by atoms with Crippen molar-refractivity contribution >= 4 is 21.6 Å². The summed E-state index contributed by atoms with van der Waals surface area (Å²) in [6.07, 6.45) is 3.32. The summed E-state index contributed by atoms with van der Waals surface area (Å²) in [7, 11) is -3.46. The fourth-order valence-corrected chi connectivity index (χ4v) is 3.27. The maximum absolute atomic E-state index is 12.3. The van der Waals surface area contributed by atoms with Crippen LogP contribution in [0.2, 0.25) is 5.02 Å². The third kappa shape index (κ3) is 4.95. The number of hydrogen-bond acceptors (Lipinski definition) is 3. The first-order valence-electron chi connectivity index (χ1n) is 7.44. The number of sulfonamides is 1. The molecule has 118 valence electrons. The molecule has 4 nitrogen and oxygen atoms in total. The van der Waals surface area contributed by atoms with Gasteiger partial charge in [-0.3, -0.25) is 0 Å². The molecule has 0 saturated heterocycles. The zero-order valence-electron chi connectivity index (χ0n) is 12.5. The lowest BCUT2D eigenvalue weighted by Crippen LogP contribution is -2.28. The average molecular weight is 331 g/mol. The Morgan fingerprint density at radius 2 is 2.10 bits per heavy atom. The Hall–Kier alpha value is -0.620. The second-order valence-corrected chi connectivity index (χ2v) is 7.95. The highest BCUT2D eigenvalue weighted by Gasteiger charge is 2.21. The highest BCUT2D eigenvalue weighted by molar-refractivity contribution is 7.89. The fourth-order valence-electron chi connectivity index (χ4n) is 1.88. The van der Waals surface area contributed by atoms with Crippen LogP contribution in [0.15, 0.2) is 23.1 Å². The van der Waals surface area contributed by atoms with Crippen molar-refractivity contribution in [2.45, 2.75) is 50.6 Å². The number of benzene rings is 1. The molecule has 0 aliphatic heterocycles. The number of nitrogens with one attached hydrogen (secondary N) is 2. The van der Waals surface area contributed by atoms with Gasteiger partial charge < -0.3 is 5.32 Å². The Balaban J connectivity index is 2.08. The summed E-state index contributed by atoms with van der Waals surface area (Å²) >= 11 is 6.14. The van der Waals surface area contributed by atoms with E-state index in [1.54, 1.807) is 18.2 Å². The Labute approximate surface area is 132 Å². The van der Waals surface area contributed by atoms with E-state index in [2.05, 4.69) is 10.0 Å². The zero-order valence-corrected chi connectivity index (χ0v) is 14.1. The molecule has 2 N–H and O–H groups in total. The van der Waals surface area contributed by atoms with Crippen molar-refractivity contribution in [1.82, 2.24) is 10.0 Å². The Morgan fingerprint density at radius 1 is 1.38 bits per heavy atom. The molecule has 0 heterocycles. The average Bonchev–Trinajstić information content (AvgIpc) is 3.28. The molecule has 0 bridgehead atoms. The second-order valence-electron chi connectivity index (χ2n) is 5.77. The Kier molecular flexibility index (Phi) is 5.66. The maximum atomic E-state index is 12.3. The standard InChI is InChI=1S/C15H23ClN2O2S/c1-3-11(2)9-18-21(19,20)14-6-7-15(16)12(8-14)10-17-13-4-5-13/h6-8,11,13,17-18H,3-5,9-10H2,1-2H3. The van der Waals surface area contributed by atoms with Gasteiger partial charge in [0.05, 0.1) is 4.90 Å². The Bertz CT molecular complexity index is 585. The van der Waals surface area contributed by atoms with Crippen molar-refractivity contribution in [3.63, 3.8) is 0 Å². The third-order valence-corrected chi connectivity index (χ3v) is 5.59. The van der Waals surface area contributed by atoms with Gasteiger partial charge in [0.1, 0.15) is 0 Å². The van der Waals surface area contributed by atoms with E-state index in [0.717, 1.165) is 12.0 Å². The molecule has 1 saturated carbocycles. The SMILES string of the molecule is CCC(C)CNS(=O)(=O)c1ccc(Cl)c(CNC2CC2)c1. The minimum atomic E-state index is -3.46. The van der Waals surface area contributed by atoms with E-state index >= 15 is 0 Å². The Morgan fingerprint density at radius 3 is 2.71 bits per heavy atom. The van der Waals surface area contributed by atoms with E-state index in [1.807, 2.05) is 13.8 Å². The molecule has 1 atom stereocenters. The minimum Gasteiger partial charge on any atom is -0.310 e. The van der Waals surface area contributed by atoms with Gasteiger partial charge in [-0.25, -0.2) is 13.1 Å². The molecule has 1 aromatic rings. The van der Waals surface area contributed by atoms with E-state index in [4.69, 9.17) is 11.6 Å². The number of rotatable bonds is 8. The molecule has 2 rings (SSSR count). The van der Waals surface area contributed by atoms with Crippen molar-refractivity contribution in [2.24, 2.45) is 5.92 Å². The zero-order chi connectivity index (χ0) is 15.5. The lowest BCUT2D eigenvalue weighted by atomic mass is 10.1. The summed E-state index contributed by atoms with van der Waals surface area (Å²) in [5.41, 5.74) is 0.829. The summed E-state index contributed by atoms with van der Waals surface area (Å²) < 4.78 is 27.2. The van der Waals surface area contributed by atoms with Gasteiger partial charge in [0.25, 0.3) is 0 Å². The molecular weight excluding hydrogens is 308 g/mol. The van der Waals surface area contributed by atoms with Crippen molar-refractivity contribution in [2.75, 3.05) is 6.54 Å². The predicted octanol–water partition coefficient (Wildman–Crippen LogP) is 2.92. The van der Waals surface area contributed by atoms with Crippen molar-refractivity contribution in [3.05, 3.63) is 28.8 Å². The lowest BCUT2D eigenvalue weighted by molar-refractivity contribution is 0.528. The summed E-state index contributed by atoms with van der Waals surface area (Å²) in [5.74, 6) is 0.322. The first-order valence-corrected chi connectivity index (χ1v) is 9.30. The van der Waals surface area contributed by atoms with Crippen LogP contribution < -0.4 is 10.0 Å². The molecule has 0 amide bonds. The van der Waals surface area contributed by atoms with Crippen LogP contribution in [0.4, 0.5) is 0 Å². The van der Waals surface area contributed by atoms with Crippen LogP contribution in [0.3, 0.4) is 0 Å². The van der Waals surface area contributed by atoms with Gasteiger partial charge in [-0.1, -0.05) is 31.9 Å². The van der Waals surface area contributed by atoms with E-state index in [0.29, 0.717) is 30.1 Å². The largest absolute Gasteiger partial charge is 0.310 e. The molecule has 0 aromatic heterocycles. The summed E-state index contributed by atoms with van der Waals surface area (Å²) in [4.78, 5) is 0.280. The normalized spacial score (nSPS) is 16.9. The van der Waals surface area contributed by atoms with Crippen molar-refractivity contribution < 1.29 is 8.42 Å². The smallest absolute Gasteiger partial charge is 0.240 e. The first kappa shape index (κ1) is 16.7. The lowest BCUT2D eigenvalue weighted by Gasteiger charge is -2.12. The summed E-state index contributed by atoms with van der Waals surface area (Å²) in [6.45, 7) is 5.13.